The molecule has 0 aliphatic carbocycles. The molecule has 10 heterocycles. The van der Waals surface area contributed by atoms with E-state index in [2.05, 4.69) is 287 Å². The molecule has 0 spiro atoms. The number of rotatable bonds is 5. The molecule has 0 fully saturated rings. The van der Waals surface area contributed by atoms with Crippen molar-refractivity contribution in [3.63, 3.8) is 0 Å². The predicted molar refractivity (Wildman–Crippen MR) is 525 cm³/mol. The highest BCUT2D eigenvalue weighted by Gasteiger charge is 2.45. The Hall–Kier alpha value is -12.8. The van der Waals surface area contributed by atoms with Gasteiger partial charge in [0.15, 0.2) is 31.0 Å². The van der Waals surface area contributed by atoms with E-state index in [9.17, 15) is 0 Å². The molecule has 5 aliphatic rings. The van der Waals surface area contributed by atoms with Crippen molar-refractivity contribution in [1.82, 2.24) is 0 Å². The first-order chi connectivity index (χ1) is 64.3. The summed E-state index contributed by atoms with van der Waals surface area (Å²) in [6.45, 7) is 37.3. The molecule has 11 heteroatoms. The van der Waals surface area contributed by atoms with Crippen LogP contribution in [0.25, 0.3) is 56.3 Å². The number of aryl methyl sites for hydroxylation is 18. The molecule has 0 N–H and O–H groups in total. The van der Waals surface area contributed by atoms with Crippen LogP contribution in [0.3, 0.4) is 0 Å². The third-order valence-corrected chi connectivity index (χ3v) is 30.8. The summed E-state index contributed by atoms with van der Waals surface area (Å²) in [5.74, 6) is 9.18. The number of nitrogens with zero attached hydrogens (tertiary/aromatic N) is 5. The first kappa shape index (κ1) is 77.5. The lowest BCUT2D eigenvalue weighted by Crippen LogP contribution is -2.56. The van der Waals surface area contributed by atoms with Gasteiger partial charge in [0.2, 0.25) is 28.5 Å². The molecule has 0 bridgehead atoms. The van der Waals surface area contributed by atoms with Crippen LogP contribution in [-0.4, -0.2) is 8.07 Å². The molecule has 5 aromatic heterocycles. The average Bonchev–Trinajstić information content (AvgIpc) is 0.726. The van der Waals surface area contributed by atoms with Gasteiger partial charge in [-0.3, -0.25) is 0 Å². The second kappa shape index (κ2) is 33.7. The molecule has 648 valence electrons. The Labute approximate surface area is 774 Å². The van der Waals surface area contributed by atoms with E-state index in [1.165, 1.54) is 83.0 Å². The fourth-order valence-corrected chi connectivity index (χ4v) is 22.9. The van der Waals surface area contributed by atoms with Crippen molar-refractivity contribution in [2.45, 2.75) is 180 Å². The van der Waals surface area contributed by atoms with Crippen LogP contribution in [0.5, 0.6) is 57.5 Å². The Morgan fingerprint density at radius 3 is 0.891 bits per heavy atom. The van der Waals surface area contributed by atoms with Crippen LogP contribution in [-0.2, 0) is 56.9 Å². The molecule has 0 radical (unpaired) electrons. The fraction of sp³-hybridized carbons (Fsp3) is 0.274. The fourth-order valence-electron chi connectivity index (χ4n) is 20.1. The Morgan fingerprint density at radius 1 is 0.242 bits per heavy atom. The van der Waals surface area contributed by atoms with E-state index in [0.29, 0.717) is 16.7 Å². The zero-order valence-corrected chi connectivity index (χ0v) is 80.0. The van der Waals surface area contributed by atoms with Crippen molar-refractivity contribution in [2.24, 2.45) is 35.2 Å². The van der Waals surface area contributed by atoms with Crippen molar-refractivity contribution in [2.75, 3.05) is 0 Å². The maximum absolute atomic E-state index is 7.82. The minimum Gasteiger partial charge on any atom is -0.457 e. The van der Waals surface area contributed by atoms with Gasteiger partial charge >= 0.3 is 0 Å². The normalized spacial score (nSPS) is 15.7. The zero-order chi connectivity index (χ0) is 98.9. The van der Waals surface area contributed by atoms with Crippen molar-refractivity contribution in [1.29, 1.82) is 0 Å². The maximum atomic E-state index is 7.82. The van der Waals surface area contributed by atoms with E-state index in [-0.39, 0.29) is 21.7 Å². The number of aromatic nitrogens is 5. The van der Waals surface area contributed by atoms with E-state index in [4.69, 9.17) is 36.0 Å². The molecule has 0 saturated carbocycles. The number of ether oxygens (including phenoxy) is 5. The molecular formula is C117H126N5O5Si+5. The van der Waals surface area contributed by atoms with E-state index in [1.807, 2.05) is 140 Å². The van der Waals surface area contributed by atoms with Crippen molar-refractivity contribution in [3.8, 4) is 114 Å². The molecular weight excluding hydrogens is 1580 g/mol. The van der Waals surface area contributed by atoms with Crippen LogP contribution in [0.4, 0.5) is 0 Å². The number of benzene rings is 10. The van der Waals surface area contributed by atoms with Gasteiger partial charge in [0.05, 0.1) is 27.8 Å². The average molecular weight is 1720 g/mol. The predicted octanol–water partition coefficient (Wildman–Crippen LogP) is 25.6. The molecule has 0 atom stereocenters. The SMILES string of the molecule is Cc1cc(-c2c(C)ccc3c2C(C)(C)c2ccccc2O3)[n+](C)cc1C.Cc1ccc(-c2c(C)ccc3c2C(C)(C)c2ccccc2O3)[n+](C)c1.[2H]C([2H])([2H])c1c[n+](C)c(-c2c(C)ccc3c2C(C)(C)c2ccccc2O3)cc1C.[2H]C([2H])([2H])c1c[n+](C)c(-c2c(C)ccc3c2Oc2ccccc2[Si]3(C)C)cc1C.[2H]C([2H])([2H])c1ccc(-c2c(C)ccc3c2C(C)(C)c2ccccc2O3)[n+](C)c1. The van der Waals surface area contributed by atoms with Gasteiger partial charge < -0.3 is 23.7 Å². The highest BCUT2D eigenvalue weighted by molar-refractivity contribution is 7.01. The lowest BCUT2D eigenvalue weighted by atomic mass is 9.72. The van der Waals surface area contributed by atoms with Gasteiger partial charge in [0, 0.05) is 137 Å². The number of fused-ring (bicyclic) bond motifs is 10. The summed E-state index contributed by atoms with van der Waals surface area (Å²) in [6, 6.07) is 76.8. The first-order valence-corrected chi connectivity index (χ1v) is 47.4. The van der Waals surface area contributed by atoms with E-state index < -0.39 is 28.6 Å². The van der Waals surface area contributed by atoms with Gasteiger partial charge in [-0.2, -0.15) is 0 Å². The van der Waals surface area contributed by atoms with Crippen LogP contribution in [0.2, 0.25) is 13.1 Å². The van der Waals surface area contributed by atoms with Crippen LogP contribution in [0.1, 0.15) is 185 Å². The van der Waals surface area contributed by atoms with Crippen LogP contribution in [0.15, 0.2) is 255 Å². The number of pyridine rings is 5. The molecule has 20 rings (SSSR count). The molecule has 10 aromatic carbocycles. The van der Waals surface area contributed by atoms with Gasteiger partial charge in [-0.25, -0.2) is 22.8 Å². The molecule has 15 aromatic rings. The minimum atomic E-state index is -2.13. The van der Waals surface area contributed by atoms with E-state index in [0.717, 1.165) is 141 Å². The van der Waals surface area contributed by atoms with E-state index in [1.54, 1.807) is 24.7 Å². The smallest absolute Gasteiger partial charge is 0.216 e. The second-order valence-electron chi connectivity index (χ2n) is 38.3. The number of hydrogen-bond acceptors (Lipinski definition) is 5. The highest BCUT2D eigenvalue weighted by Crippen LogP contribution is 2.57. The monoisotopic (exact) mass is 1720 g/mol. The summed E-state index contributed by atoms with van der Waals surface area (Å²) in [5, 5.41) is 2.58. The summed E-state index contributed by atoms with van der Waals surface area (Å²) < 4.78 is 112. The molecule has 0 amide bonds. The highest BCUT2D eigenvalue weighted by atomic mass is 28.3. The summed E-state index contributed by atoms with van der Waals surface area (Å²) in [6.07, 6.45) is 9.57. The second-order valence-corrected chi connectivity index (χ2v) is 42.6. The molecule has 0 unspecified atom stereocenters. The number of para-hydroxylation sites is 5. The summed E-state index contributed by atoms with van der Waals surface area (Å²) in [5.41, 5.74) is 32.4. The first-order valence-electron chi connectivity index (χ1n) is 48.9. The third kappa shape index (κ3) is 15.7. The van der Waals surface area contributed by atoms with Gasteiger partial charge in [0.25, 0.3) is 0 Å². The summed E-state index contributed by atoms with van der Waals surface area (Å²) in [4.78, 5) is 0. The number of hydrogen-bond donors (Lipinski definition) is 0. The summed E-state index contributed by atoms with van der Waals surface area (Å²) in [7, 11) is 8.04. The zero-order valence-electron chi connectivity index (χ0n) is 88.0. The van der Waals surface area contributed by atoms with Gasteiger partial charge in [-0.1, -0.05) is 196 Å². The minimum absolute atomic E-state index is 0.122. The molecule has 10 nitrogen and oxygen atoms in total. The topological polar surface area (TPSA) is 65.5 Å². The quantitative estimate of drug-likeness (QED) is 0.127. The van der Waals surface area contributed by atoms with Gasteiger partial charge in [0.1, 0.15) is 101 Å². The lowest BCUT2D eigenvalue weighted by Gasteiger charge is -2.36. The molecule has 0 saturated heterocycles. The van der Waals surface area contributed by atoms with Crippen molar-refractivity contribution < 1.29 is 58.9 Å². The lowest BCUT2D eigenvalue weighted by molar-refractivity contribution is -0.661. The Morgan fingerprint density at radius 2 is 0.531 bits per heavy atom. The molecule has 128 heavy (non-hydrogen) atoms. The van der Waals surface area contributed by atoms with Crippen molar-refractivity contribution >= 4 is 18.4 Å². The van der Waals surface area contributed by atoms with E-state index >= 15 is 0 Å². The van der Waals surface area contributed by atoms with Crippen LogP contribution >= 0.6 is 0 Å². The largest absolute Gasteiger partial charge is 0.457 e. The summed E-state index contributed by atoms with van der Waals surface area (Å²) >= 11 is 0. The Kier molecular flexibility index (Phi) is 20.4. The Balaban J connectivity index is 0.000000124. The third-order valence-electron chi connectivity index (χ3n) is 27.3. The van der Waals surface area contributed by atoms with Crippen LogP contribution < -0.4 is 56.9 Å². The molecule has 5 aliphatic heterocycles. The van der Waals surface area contributed by atoms with Gasteiger partial charge in [-0.05, 0) is 211 Å². The Bertz CT molecular complexity index is 7380. The standard InChI is InChI=1S/2C24H26NO.C23H26NOSi.2C23H24NO/c2*1-15-11-12-21-23(22(15)19-13-16(2)17(3)14-25(19)6)24(4,5)18-9-7-8-10-20(18)26-21;1-15-11-12-21-23(22(15)18-13-16(2)17(3)14-24(18)4)25-19-9-7-8-10-20(19)26(21,5)6;2*1-15-10-12-18(24(5)14-15)21-16(2)11-13-20-22(21)23(3,4)17-8-6-7-9-19(17)25-20/h3*7-14H,1-6H3;2*6-14H,1-5H3/q5*+1/i3D3;;3D3;1D3;. The maximum Gasteiger partial charge on any atom is 0.216 e. The van der Waals surface area contributed by atoms with Gasteiger partial charge in [-0.15, -0.1) is 0 Å². The van der Waals surface area contributed by atoms with Crippen molar-refractivity contribution in [3.05, 3.63) is 372 Å². The van der Waals surface area contributed by atoms with Crippen LogP contribution in [0, 0.1) is 89.8 Å².